The van der Waals surface area contributed by atoms with Crippen LogP contribution in [-0.4, -0.2) is 18.4 Å². The summed E-state index contributed by atoms with van der Waals surface area (Å²) in [5.41, 5.74) is 1.38. The van der Waals surface area contributed by atoms with Crippen LogP contribution in [0.15, 0.2) is 77.4 Å². The van der Waals surface area contributed by atoms with Gasteiger partial charge in [0, 0.05) is 6.54 Å². The highest BCUT2D eigenvalue weighted by Gasteiger charge is 2.13. The molecule has 6 nitrogen and oxygen atoms in total. The number of carbonyl (C=O) groups excluding carboxylic acids is 2. The van der Waals surface area contributed by atoms with Crippen molar-refractivity contribution in [3.8, 4) is 5.75 Å². The maximum Gasteiger partial charge on any atom is 0.258 e. The largest absolute Gasteiger partial charge is 0.483 e. The van der Waals surface area contributed by atoms with Gasteiger partial charge in [-0.25, -0.2) is 0 Å². The van der Waals surface area contributed by atoms with E-state index in [2.05, 4.69) is 10.6 Å². The average molecular weight is 364 g/mol. The van der Waals surface area contributed by atoms with E-state index in [0.717, 1.165) is 5.56 Å². The minimum atomic E-state index is -0.300. The van der Waals surface area contributed by atoms with Crippen LogP contribution in [0.1, 0.15) is 21.7 Å². The second-order valence-corrected chi connectivity index (χ2v) is 5.81. The number of nitrogens with one attached hydrogen (secondary N) is 2. The van der Waals surface area contributed by atoms with Crippen molar-refractivity contribution in [2.24, 2.45) is 0 Å². The molecule has 0 unspecified atom stereocenters. The van der Waals surface area contributed by atoms with Crippen molar-refractivity contribution < 1.29 is 18.7 Å². The lowest BCUT2D eigenvalue weighted by molar-refractivity contribution is -0.123. The van der Waals surface area contributed by atoms with Crippen LogP contribution in [0, 0.1) is 0 Å². The van der Waals surface area contributed by atoms with Crippen LogP contribution in [0.3, 0.4) is 0 Å². The smallest absolute Gasteiger partial charge is 0.258 e. The number of ether oxygens (including phenoxy) is 1. The molecule has 3 aromatic rings. The van der Waals surface area contributed by atoms with Gasteiger partial charge in [-0.2, -0.15) is 0 Å². The van der Waals surface area contributed by atoms with Crippen molar-refractivity contribution >= 4 is 11.8 Å². The number of hydrogen-bond donors (Lipinski definition) is 2. The third kappa shape index (κ3) is 5.47. The number of rotatable bonds is 8. The monoisotopic (exact) mass is 364 g/mol. The summed E-state index contributed by atoms with van der Waals surface area (Å²) >= 11 is 0. The number of amides is 2. The standard InChI is InChI=1S/C21H20N2O4/c24-20(22-14-17-9-6-12-26-17)15-27-19-11-5-4-10-18(19)21(25)23-13-16-7-2-1-3-8-16/h1-12H,13-15H2,(H,22,24)(H,23,25). The van der Waals surface area contributed by atoms with Gasteiger partial charge < -0.3 is 19.8 Å². The molecule has 2 amide bonds. The molecule has 0 aliphatic heterocycles. The third-order valence-corrected chi connectivity index (χ3v) is 3.83. The molecule has 0 aliphatic carbocycles. The van der Waals surface area contributed by atoms with Gasteiger partial charge in [-0.1, -0.05) is 42.5 Å². The summed E-state index contributed by atoms with van der Waals surface area (Å²) in [6.45, 7) is 0.510. The molecular formula is C21H20N2O4. The molecule has 2 aromatic carbocycles. The van der Waals surface area contributed by atoms with Gasteiger partial charge in [-0.05, 0) is 29.8 Å². The quantitative estimate of drug-likeness (QED) is 0.644. The van der Waals surface area contributed by atoms with E-state index in [1.165, 1.54) is 0 Å². The van der Waals surface area contributed by atoms with Gasteiger partial charge in [0.05, 0.1) is 18.4 Å². The maximum absolute atomic E-state index is 12.5. The lowest BCUT2D eigenvalue weighted by Crippen LogP contribution is -2.29. The van der Waals surface area contributed by atoms with Crippen LogP contribution >= 0.6 is 0 Å². The van der Waals surface area contributed by atoms with E-state index in [1.54, 1.807) is 42.7 Å². The van der Waals surface area contributed by atoms with E-state index < -0.39 is 0 Å². The van der Waals surface area contributed by atoms with Gasteiger partial charge in [0.1, 0.15) is 11.5 Å². The molecule has 0 spiro atoms. The fraction of sp³-hybridized carbons (Fsp3) is 0.143. The SMILES string of the molecule is O=C(COc1ccccc1C(=O)NCc1ccccc1)NCc1ccco1. The van der Waals surface area contributed by atoms with Gasteiger partial charge in [0.15, 0.2) is 6.61 Å². The molecule has 0 saturated heterocycles. The van der Waals surface area contributed by atoms with Crippen LogP contribution < -0.4 is 15.4 Å². The second kappa shape index (κ2) is 9.24. The first kappa shape index (κ1) is 18.3. The third-order valence-electron chi connectivity index (χ3n) is 3.83. The van der Waals surface area contributed by atoms with Gasteiger partial charge >= 0.3 is 0 Å². The minimum absolute atomic E-state index is 0.191. The summed E-state index contributed by atoms with van der Waals surface area (Å²) in [7, 11) is 0. The fourth-order valence-electron chi connectivity index (χ4n) is 2.45. The summed E-state index contributed by atoms with van der Waals surface area (Å²) in [6, 6.07) is 20.0. The lowest BCUT2D eigenvalue weighted by Gasteiger charge is -2.12. The zero-order valence-corrected chi connectivity index (χ0v) is 14.7. The van der Waals surface area contributed by atoms with E-state index in [-0.39, 0.29) is 25.0 Å². The van der Waals surface area contributed by atoms with E-state index in [1.807, 2.05) is 30.3 Å². The van der Waals surface area contributed by atoms with Gasteiger partial charge in [0.25, 0.3) is 11.8 Å². The van der Waals surface area contributed by atoms with Crippen LogP contribution in [0.25, 0.3) is 0 Å². The predicted molar refractivity (Wildman–Crippen MR) is 100 cm³/mol. The van der Waals surface area contributed by atoms with E-state index in [0.29, 0.717) is 23.6 Å². The number of furan rings is 1. The summed E-state index contributed by atoms with van der Waals surface area (Å²) in [5, 5.41) is 5.55. The first-order chi connectivity index (χ1) is 13.2. The van der Waals surface area contributed by atoms with Crippen LogP contribution in [0.4, 0.5) is 0 Å². The Morgan fingerprint density at radius 1 is 0.852 bits per heavy atom. The normalized spacial score (nSPS) is 10.2. The van der Waals surface area contributed by atoms with Gasteiger partial charge in [-0.3, -0.25) is 9.59 Å². The van der Waals surface area contributed by atoms with Crippen molar-refractivity contribution in [2.45, 2.75) is 13.1 Å². The molecule has 0 atom stereocenters. The summed E-state index contributed by atoms with van der Waals surface area (Å²) in [4.78, 5) is 24.4. The molecule has 1 aromatic heterocycles. The van der Waals surface area contributed by atoms with Crippen molar-refractivity contribution in [1.29, 1.82) is 0 Å². The zero-order valence-electron chi connectivity index (χ0n) is 14.7. The van der Waals surface area contributed by atoms with Crippen LogP contribution in [0.2, 0.25) is 0 Å². The molecule has 0 aliphatic rings. The Morgan fingerprint density at radius 2 is 1.63 bits per heavy atom. The summed E-state index contributed by atoms with van der Waals surface area (Å²) in [5.74, 6) is 0.455. The van der Waals surface area contributed by atoms with Crippen molar-refractivity contribution in [3.05, 3.63) is 89.9 Å². The minimum Gasteiger partial charge on any atom is -0.483 e. The molecule has 27 heavy (non-hydrogen) atoms. The highest BCUT2D eigenvalue weighted by molar-refractivity contribution is 5.97. The molecule has 0 fully saturated rings. The number of carbonyl (C=O) groups is 2. The molecule has 0 bridgehead atoms. The number of benzene rings is 2. The topological polar surface area (TPSA) is 80.6 Å². The Bertz CT molecular complexity index is 876. The molecule has 0 saturated carbocycles. The highest BCUT2D eigenvalue weighted by atomic mass is 16.5. The molecule has 6 heteroatoms. The van der Waals surface area contributed by atoms with E-state index in [9.17, 15) is 9.59 Å². The number of para-hydroxylation sites is 1. The Balaban J connectivity index is 1.53. The molecule has 2 N–H and O–H groups in total. The Hall–Kier alpha value is -3.54. The molecule has 138 valence electrons. The lowest BCUT2D eigenvalue weighted by atomic mass is 10.1. The van der Waals surface area contributed by atoms with Crippen molar-refractivity contribution in [2.75, 3.05) is 6.61 Å². The van der Waals surface area contributed by atoms with E-state index in [4.69, 9.17) is 9.15 Å². The average Bonchev–Trinajstić information content (AvgIpc) is 3.23. The fourth-order valence-corrected chi connectivity index (χ4v) is 2.45. The zero-order chi connectivity index (χ0) is 18.9. The second-order valence-electron chi connectivity index (χ2n) is 5.81. The van der Waals surface area contributed by atoms with Crippen molar-refractivity contribution in [1.82, 2.24) is 10.6 Å². The summed E-state index contributed by atoms with van der Waals surface area (Å²) < 4.78 is 10.7. The maximum atomic E-state index is 12.5. The van der Waals surface area contributed by atoms with Crippen LogP contribution in [-0.2, 0) is 17.9 Å². The first-order valence-corrected chi connectivity index (χ1v) is 8.55. The predicted octanol–water partition coefficient (Wildman–Crippen LogP) is 2.90. The van der Waals surface area contributed by atoms with Crippen molar-refractivity contribution in [3.63, 3.8) is 0 Å². The Labute approximate surface area is 157 Å². The first-order valence-electron chi connectivity index (χ1n) is 8.55. The summed E-state index contributed by atoms with van der Waals surface area (Å²) in [6.07, 6.45) is 1.54. The van der Waals surface area contributed by atoms with Gasteiger partial charge in [0.2, 0.25) is 0 Å². The molecule has 0 radical (unpaired) electrons. The molecule has 3 rings (SSSR count). The molecule has 1 heterocycles. The van der Waals surface area contributed by atoms with Gasteiger partial charge in [-0.15, -0.1) is 0 Å². The Morgan fingerprint density at radius 3 is 2.41 bits per heavy atom. The highest BCUT2D eigenvalue weighted by Crippen LogP contribution is 2.18. The van der Waals surface area contributed by atoms with Crippen LogP contribution in [0.5, 0.6) is 5.75 Å². The van der Waals surface area contributed by atoms with E-state index >= 15 is 0 Å². The number of hydrogen-bond acceptors (Lipinski definition) is 4. The Kier molecular flexibility index (Phi) is 6.25. The molecular weight excluding hydrogens is 344 g/mol.